The van der Waals surface area contributed by atoms with E-state index in [-0.39, 0.29) is 18.1 Å². The van der Waals surface area contributed by atoms with E-state index in [0.29, 0.717) is 41.7 Å². The Labute approximate surface area is 148 Å². The van der Waals surface area contributed by atoms with Crippen molar-refractivity contribution in [2.75, 3.05) is 13.2 Å². The minimum absolute atomic E-state index is 0.0617. The van der Waals surface area contributed by atoms with Crippen LogP contribution in [0.3, 0.4) is 0 Å². The SMILES string of the molecule is O=C(Cn1nnc(-c2ccc(F)cc2)n1)c1ccc2c(c1)OCCCO2. The quantitative estimate of drug-likeness (QED) is 0.670. The fraction of sp³-hybridized carbons (Fsp3) is 0.222. The van der Waals surface area contributed by atoms with E-state index in [4.69, 9.17) is 9.47 Å². The maximum atomic E-state index is 13.0. The molecule has 0 unspecified atom stereocenters. The molecule has 0 spiro atoms. The number of carbonyl (C=O) groups excluding carboxylic acids is 1. The van der Waals surface area contributed by atoms with Crippen LogP contribution in [0.5, 0.6) is 11.5 Å². The highest BCUT2D eigenvalue weighted by atomic mass is 19.1. The van der Waals surface area contributed by atoms with Gasteiger partial charge >= 0.3 is 0 Å². The Bertz CT molecular complexity index is 940. The van der Waals surface area contributed by atoms with Gasteiger partial charge in [0.2, 0.25) is 5.82 Å². The third-order valence-electron chi connectivity index (χ3n) is 3.91. The first kappa shape index (κ1) is 16.2. The summed E-state index contributed by atoms with van der Waals surface area (Å²) in [7, 11) is 0. The molecule has 7 nitrogen and oxygen atoms in total. The number of hydrogen-bond acceptors (Lipinski definition) is 6. The van der Waals surface area contributed by atoms with Gasteiger partial charge in [-0.25, -0.2) is 4.39 Å². The molecule has 26 heavy (non-hydrogen) atoms. The molecule has 0 bridgehead atoms. The standard InChI is InChI=1S/C18H15FN4O3/c19-14-5-2-12(3-6-14)18-20-22-23(21-18)11-15(24)13-4-7-16-17(10-13)26-9-1-8-25-16/h2-7,10H,1,8-9,11H2. The number of Topliss-reactive ketones (excluding diaryl/α,β-unsaturated/α-hetero) is 1. The highest BCUT2D eigenvalue weighted by molar-refractivity contribution is 5.96. The van der Waals surface area contributed by atoms with Gasteiger partial charge < -0.3 is 9.47 Å². The topological polar surface area (TPSA) is 79.1 Å². The fourth-order valence-corrected chi connectivity index (χ4v) is 2.58. The first-order valence-corrected chi connectivity index (χ1v) is 8.16. The van der Waals surface area contributed by atoms with E-state index in [1.165, 1.54) is 16.9 Å². The molecule has 8 heteroatoms. The van der Waals surface area contributed by atoms with Gasteiger partial charge in [-0.1, -0.05) is 0 Å². The van der Waals surface area contributed by atoms with Crippen molar-refractivity contribution >= 4 is 5.78 Å². The Balaban J connectivity index is 1.50. The molecule has 4 rings (SSSR count). The van der Waals surface area contributed by atoms with Crippen molar-refractivity contribution in [3.63, 3.8) is 0 Å². The number of rotatable bonds is 4. The van der Waals surface area contributed by atoms with E-state index in [9.17, 15) is 9.18 Å². The summed E-state index contributed by atoms with van der Waals surface area (Å²) < 4.78 is 24.1. The molecule has 0 N–H and O–H groups in total. The van der Waals surface area contributed by atoms with E-state index in [1.54, 1.807) is 30.3 Å². The first-order valence-electron chi connectivity index (χ1n) is 8.16. The molecule has 0 amide bonds. The molecule has 2 aromatic carbocycles. The number of aromatic nitrogens is 4. The van der Waals surface area contributed by atoms with Crippen molar-refractivity contribution in [1.82, 2.24) is 20.2 Å². The van der Waals surface area contributed by atoms with Crippen LogP contribution in [0.25, 0.3) is 11.4 Å². The number of carbonyl (C=O) groups is 1. The van der Waals surface area contributed by atoms with Crippen LogP contribution in [0, 0.1) is 5.82 Å². The lowest BCUT2D eigenvalue weighted by Gasteiger charge is -2.08. The maximum absolute atomic E-state index is 13.0. The number of ether oxygens (including phenoxy) is 2. The van der Waals surface area contributed by atoms with Gasteiger partial charge in [-0.15, -0.1) is 10.2 Å². The second-order valence-electron chi connectivity index (χ2n) is 5.79. The summed E-state index contributed by atoms with van der Waals surface area (Å²) in [6, 6.07) is 10.8. The molecule has 2 heterocycles. The minimum Gasteiger partial charge on any atom is -0.490 e. The van der Waals surface area contributed by atoms with Crippen molar-refractivity contribution in [2.45, 2.75) is 13.0 Å². The number of fused-ring (bicyclic) bond motifs is 1. The zero-order valence-corrected chi connectivity index (χ0v) is 13.8. The van der Waals surface area contributed by atoms with Crippen molar-refractivity contribution in [3.05, 3.63) is 53.8 Å². The summed E-state index contributed by atoms with van der Waals surface area (Å²) in [5, 5.41) is 12.0. The lowest BCUT2D eigenvalue weighted by Crippen LogP contribution is -2.13. The average Bonchev–Trinajstić information content (AvgIpc) is 2.98. The predicted octanol–water partition coefficient (Wildman–Crippen LogP) is 2.52. The molecule has 132 valence electrons. The fourth-order valence-electron chi connectivity index (χ4n) is 2.58. The highest BCUT2D eigenvalue weighted by Crippen LogP contribution is 2.30. The van der Waals surface area contributed by atoms with Crippen LogP contribution in [0.4, 0.5) is 4.39 Å². The molecule has 0 saturated carbocycles. The second kappa shape index (κ2) is 6.91. The van der Waals surface area contributed by atoms with Crippen LogP contribution < -0.4 is 9.47 Å². The minimum atomic E-state index is -0.342. The predicted molar refractivity (Wildman–Crippen MR) is 89.6 cm³/mol. The van der Waals surface area contributed by atoms with E-state index in [0.717, 1.165) is 6.42 Å². The van der Waals surface area contributed by atoms with E-state index >= 15 is 0 Å². The van der Waals surface area contributed by atoms with Crippen molar-refractivity contribution in [3.8, 4) is 22.9 Å². The first-order chi connectivity index (χ1) is 12.7. The molecule has 0 saturated heterocycles. The van der Waals surface area contributed by atoms with Gasteiger partial charge in [-0.05, 0) is 47.7 Å². The molecular weight excluding hydrogens is 339 g/mol. The Morgan fingerprint density at radius 3 is 2.65 bits per heavy atom. The van der Waals surface area contributed by atoms with Crippen LogP contribution >= 0.6 is 0 Å². The van der Waals surface area contributed by atoms with Gasteiger partial charge in [0, 0.05) is 17.5 Å². The van der Waals surface area contributed by atoms with Gasteiger partial charge in [0.1, 0.15) is 12.4 Å². The number of benzene rings is 2. The highest BCUT2D eigenvalue weighted by Gasteiger charge is 2.16. The zero-order chi connectivity index (χ0) is 17.9. The van der Waals surface area contributed by atoms with E-state index in [1.807, 2.05) is 0 Å². The summed E-state index contributed by atoms with van der Waals surface area (Å²) in [5.41, 5.74) is 1.11. The normalized spacial score (nSPS) is 13.3. The molecule has 0 fully saturated rings. The van der Waals surface area contributed by atoms with Gasteiger partial charge in [-0.2, -0.15) is 4.80 Å². The van der Waals surface area contributed by atoms with Crippen molar-refractivity contribution in [1.29, 1.82) is 0 Å². The van der Waals surface area contributed by atoms with Crippen LogP contribution in [-0.4, -0.2) is 39.2 Å². The second-order valence-corrected chi connectivity index (χ2v) is 5.79. The molecule has 0 aliphatic carbocycles. The van der Waals surface area contributed by atoms with Gasteiger partial charge in [0.15, 0.2) is 17.3 Å². The average molecular weight is 354 g/mol. The Morgan fingerprint density at radius 2 is 1.85 bits per heavy atom. The molecular formula is C18H15FN4O3. The van der Waals surface area contributed by atoms with E-state index in [2.05, 4.69) is 15.4 Å². The lowest BCUT2D eigenvalue weighted by atomic mass is 10.1. The van der Waals surface area contributed by atoms with Crippen LogP contribution in [0.2, 0.25) is 0 Å². The van der Waals surface area contributed by atoms with Crippen molar-refractivity contribution < 1.29 is 18.7 Å². The summed E-state index contributed by atoms with van der Waals surface area (Å²) in [5.74, 6) is 1.01. The van der Waals surface area contributed by atoms with Crippen LogP contribution in [0.1, 0.15) is 16.8 Å². The van der Waals surface area contributed by atoms with Crippen LogP contribution in [0.15, 0.2) is 42.5 Å². The van der Waals surface area contributed by atoms with Gasteiger partial charge in [0.25, 0.3) is 0 Å². The smallest absolute Gasteiger partial charge is 0.204 e. The molecule has 1 aromatic heterocycles. The maximum Gasteiger partial charge on any atom is 0.204 e. The third-order valence-corrected chi connectivity index (χ3v) is 3.91. The number of ketones is 1. The Kier molecular flexibility index (Phi) is 4.30. The monoisotopic (exact) mass is 354 g/mol. The van der Waals surface area contributed by atoms with Crippen LogP contribution in [-0.2, 0) is 6.54 Å². The lowest BCUT2D eigenvalue weighted by molar-refractivity contribution is 0.0961. The summed E-state index contributed by atoms with van der Waals surface area (Å²) >= 11 is 0. The Morgan fingerprint density at radius 1 is 1.08 bits per heavy atom. The Hall–Kier alpha value is -3.29. The summed E-state index contributed by atoms with van der Waals surface area (Å²) in [6.07, 6.45) is 0.799. The zero-order valence-electron chi connectivity index (χ0n) is 13.8. The number of hydrogen-bond donors (Lipinski definition) is 0. The van der Waals surface area contributed by atoms with Gasteiger partial charge in [-0.3, -0.25) is 4.79 Å². The molecule has 3 aromatic rings. The number of nitrogens with zero attached hydrogens (tertiary/aromatic N) is 4. The summed E-state index contributed by atoms with van der Waals surface area (Å²) in [4.78, 5) is 13.7. The molecule has 1 aliphatic rings. The third kappa shape index (κ3) is 3.39. The molecule has 0 radical (unpaired) electrons. The van der Waals surface area contributed by atoms with E-state index < -0.39 is 0 Å². The van der Waals surface area contributed by atoms with Crippen molar-refractivity contribution in [2.24, 2.45) is 0 Å². The number of halogens is 1. The molecule has 0 atom stereocenters. The van der Waals surface area contributed by atoms with Gasteiger partial charge in [0.05, 0.1) is 13.2 Å². The largest absolute Gasteiger partial charge is 0.490 e. The number of tetrazole rings is 1. The summed E-state index contributed by atoms with van der Waals surface area (Å²) in [6.45, 7) is 1.08. The molecule has 1 aliphatic heterocycles.